The molecule has 0 aromatic rings. The number of methoxy groups -OCH3 is 1. The number of carbonyl (C=O) groups is 1. The van der Waals surface area contributed by atoms with Crippen LogP contribution in [0.1, 0.15) is 0 Å². The monoisotopic (exact) mass is 249 g/mol. The van der Waals surface area contributed by atoms with Crippen LogP contribution in [0, 0.1) is 5.41 Å². The van der Waals surface area contributed by atoms with Crippen molar-refractivity contribution in [3.8, 4) is 0 Å². The second-order valence-corrected chi connectivity index (χ2v) is 3.63. The van der Waals surface area contributed by atoms with E-state index in [1.807, 2.05) is 0 Å². The Morgan fingerprint density at radius 2 is 2.20 bits per heavy atom. The molecular formula is C8H12ClN3O2S. The van der Waals surface area contributed by atoms with E-state index in [1.54, 1.807) is 6.26 Å². The lowest BCUT2D eigenvalue weighted by atomic mass is 10.3. The number of amidine groups is 1. The number of esters is 1. The predicted molar refractivity (Wildman–Crippen MR) is 62.6 cm³/mol. The molecule has 0 aromatic carbocycles. The van der Waals surface area contributed by atoms with E-state index in [0.717, 1.165) is 0 Å². The summed E-state index contributed by atoms with van der Waals surface area (Å²) in [6.07, 6.45) is 1.77. The Morgan fingerprint density at radius 1 is 1.67 bits per heavy atom. The average Bonchev–Trinajstić information content (AvgIpc) is 2.23. The van der Waals surface area contributed by atoms with E-state index in [0.29, 0.717) is 5.03 Å². The Hall–Kier alpha value is -1.14. The van der Waals surface area contributed by atoms with Gasteiger partial charge in [0.1, 0.15) is 16.6 Å². The summed E-state index contributed by atoms with van der Waals surface area (Å²) >= 11 is 6.97. The normalized spacial score (nSPS) is 11.4. The molecule has 0 amide bonds. The highest BCUT2D eigenvalue weighted by atomic mass is 35.5. The smallest absolute Gasteiger partial charge is 0.356 e. The second-order valence-electron chi connectivity index (χ2n) is 2.35. The molecule has 0 saturated carbocycles. The summed E-state index contributed by atoms with van der Waals surface area (Å²) in [6.45, 7) is 3.61. The van der Waals surface area contributed by atoms with Crippen molar-refractivity contribution in [2.45, 2.75) is 0 Å². The molecule has 0 unspecified atom stereocenters. The fourth-order valence-corrected chi connectivity index (χ4v) is 0.951. The van der Waals surface area contributed by atoms with Crippen LogP contribution in [0.15, 0.2) is 22.3 Å². The van der Waals surface area contributed by atoms with Gasteiger partial charge in [-0.15, -0.1) is 11.8 Å². The average molecular weight is 250 g/mol. The lowest BCUT2D eigenvalue weighted by Gasteiger charge is -2.11. The maximum absolute atomic E-state index is 11.3. The summed E-state index contributed by atoms with van der Waals surface area (Å²) < 4.78 is 4.48. The standard InChI is InChI=1S/C8H12ClN3O2S/c1-4(15-3)12-6(8(13)14-2)5(9)7(10)11/h12H,1H2,2-3H3,(H3,10,11). The van der Waals surface area contributed by atoms with E-state index in [9.17, 15) is 4.79 Å². The third-order valence-corrected chi connectivity index (χ3v) is 2.34. The zero-order valence-electron chi connectivity index (χ0n) is 8.39. The van der Waals surface area contributed by atoms with Crippen LogP contribution in [0.25, 0.3) is 0 Å². The number of nitrogens with two attached hydrogens (primary N) is 1. The lowest BCUT2D eigenvalue weighted by Crippen LogP contribution is -2.25. The first kappa shape index (κ1) is 13.9. The van der Waals surface area contributed by atoms with Crippen molar-refractivity contribution >= 4 is 35.2 Å². The van der Waals surface area contributed by atoms with Crippen LogP contribution in [0.3, 0.4) is 0 Å². The molecule has 0 heterocycles. The fraction of sp³-hybridized carbons (Fsp3) is 0.250. The summed E-state index contributed by atoms with van der Waals surface area (Å²) in [6, 6.07) is 0. The minimum atomic E-state index is -0.703. The van der Waals surface area contributed by atoms with Gasteiger partial charge >= 0.3 is 5.97 Å². The molecule has 4 N–H and O–H groups in total. The minimum absolute atomic E-state index is 0.0917. The van der Waals surface area contributed by atoms with Crippen molar-refractivity contribution in [1.82, 2.24) is 5.32 Å². The SMILES string of the molecule is C=C(NC(C(=O)OC)=C(Cl)C(=N)N)SC. The quantitative estimate of drug-likeness (QED) is 0.292. The van der Waals surface area contributed by atoms with Crippen LogP contribution in [-0.2, 0) is 9.53 Å². The Balaban J connectivity index is 5.06. The van der Waals surface area contributed by atoms with E-state index in [-0.39, 0.29) is 10.7 Å². The molecule has 0 aliphatic carbocycles. The Bertz CT molecular complexity index is 328. The molecule has 7 heteroatoms. The number of carbonyl (C=O) groups excluding carboxylic acids is 1. The summed E-state index contributed by atoms with van der Waals surface area (Å²) in [5, 5.41) is 10.0. The first-order chi connectivity index (χ1) is 6.93. The molecule has 0 fully saturated rings. The van der Waals surface area contributed by atoms with Crippen LogP contribution in [0.4, 0.5) is 0 Å². The van der Waals surface area contributed by atoms with Gasteiger partial charge in [0.15, 0.2) is 0 Å². The molecule has 0 bridgehead atoms. The van der Waals surface area contributed by atoms with Crippen molar-refractivity contribution in [3.63, 3.8) is 0 Å². The Morgan fingerprint density at radius 3 is 2.53 bits per heavy atom. The van der Waals surface area contributed by atoms with Crippen molar-refractivity contribution in [2.75, 3.05) is 13.4 Å². The number of ether oxygens (including phenoxy) is 1. The number of halogens is 1. The third-order valence-electron chi connectivity index (χ3n) is 1.36. The zero-order valence-corrected chi connectivity index (χ0v) is 9.96. The van der Waals surface area contributed by atoms with Gasteiger partial charge in [-0.25, -0.2) is 4.79 Å². The number of thioether (sulfide) groups is 1. The second kappa shape index (κ2) is 6.36. The molecule has 0 rings (SSSR count). The molecule has 0 spiro atoms. The maximum Gasteiger partial charge on any atom is 0.356 e. The molecule has 15 heavy (non-hydrogen) atoms. The van der Waals surface area contributed by atoms with Gasteiger partial charge in [-0.05, 0) is 6.26 Å². The summed E-state index contributed by atoms with van der Waals surface area (Å²) in [5.74, 6) is -1.12. The van der Waals surface area contributed by atoms with Crippen LogP contribution >= 0.6 is 23.4 Å². The van der Waals surface area contributed by atoms with Gasteiger partial charge in [0, 0.05) is 0 Å². The van der Waals surface area contributed by atoms with Gasteiger partial charge in [0.2, 0.25) is 0 Å². The summed E-state index contributed by atoms with van der Waals surface area (Å²) in [5.41, 5.74) is 5.06. The largest absolute Gasteiger partial charge is 0.464 e. The number of nitrogens with one attached hydrogen (secondary N) is 2. The van der Waals surface area contributed by atoms with Crippen LogP contribution in [-0.4, -0.2) is 25.2 Å². The molecule has 0 aromatic heterocycles. The molecule has 0 atom stereocenters. The van der Waals surface area contributed by atoms with Crippen LogP contribution in [0.5, 0.6) is 0 Å². The van der Waals surface area contributed by atoms with Gasteiger partial charge in [-0.2, -0.15) is 0 Å². The van der Waals surface area contributed by atoms with Crippen LogP contribution in [0.2, 0.25) is 0 Å². The molecule has 0 saturated heterocycles. The molecular weight excluding hydrogens is 238 g/mol. The van der Waals surface area contributed by atoms with Crippen molar-refractivity contribution < 1.29 is 9.53 Å². The predicted octanol–water partition coefficient (Wildman–Crippen LogP) is 0.970. The molecule has 0 aliphatic rings. The zero-order chi connectivity index (χ0) is 12.0. The number of rotatable bonds is 5. The first-order valence-electron chi connectivity index (χ1n) is 3.76. The van der Waals surface area contributed by atoms with Gasteiger partial charge < -0.3 is 15.8 Å². The van der Waals surface area contributed by atoms with Crippen molar-refractivity contribution in [1.29, 1.82) is 5.41 Å². The molecule has 0 aliphatic heterocycles. The fourth-order valence-electron chi connectivity index (χ4n) is 0.623. The van der Waals surface area contributed by atoms with Gasteiger partial charge in [-0.1, -0.05) is 18.2 Å². The third kappa shape index (κ3) is 4.26. The van der Waals surface area contributed by atoms with Gasteiger partial charge in [0.05, 0.1) is 12.1 Å². The summed E-state index contributed by atoms with van der Waals surface area (Å²) in [7, 11) is 1.20. The van der Waals surface area contributed by atoms with Gasteiger partial charge in [0.25, 0.3) is 0 Å². The first-order valence-corrected chi connectivity index (χ1v) is 5.36. The highest BCUT2D eigenvalue weighted by Gasteiger charge is 2.17. The van der Waals surface area contributed by atoms with Gasteiger partial charge in [-0.3, -0.25) is 5.41 Å². The topological polar surface area (TPSA) is 88.2 Å². The lowest BCUT2D eigenvalue weighted by molar-refractivity contribution is -0.136. The van der Waals surface area contributed by atoms with Crippen molar-refractivity contribution in [3.05, 3.63) is 22.3 Å². The maximum atomic E-state index is 11.3. The van der Waals surface area contributed by atoms with E-state index in [1.165, 1.54) is 18.9 Å². The summed E-state index contributed by atoms with van der Waals surface area (Å²) in [4.78, 5) is 11.3. The van der Waals surface area contributed by atoms with Crippen LogP contribution < -0.4 is 11.1 Å². The Kier molecular flexibility index (Phi) is 5.88. The van der Waals surface area contributed by atoms with E-state index in [4.69, 9.17) is 22.7 Å². The highest BCUT2D eigenvalue weighted by Crippen LogP contribution is 2.13. The number of hydrogen-bond acceptors (Lipinski definition) is 5. The van der Waals surface area contributed by atoms with E-state index >= 15 is 0 Å². The highest BCUT2D eigenvalue weighted by molar-refractivity contribution is 8.02. The van der Waals surface area contributed by atoms with E-state index in [2.05, 4.69) is 16.6 Å². The molecule has 0 radical (unpaired) electrons. The molecule has 84 valence electrons. The van der Waals surface area contributed by atoms with Crippen molar-refractivity contribution in [2.24, 2.45) is 5.73 Å². The van der Waals surface area contributed by atoms with E-state index < -0.39 is 11.8 Å². The Labute approximate surface area is 97.2 Å². The number of hydrogen-bond donors (Lipinski definition) is 3. The molecule has 5 nitrogen and oxygen atoms in total. The minimum Gasteiger partial charge on any atom is -0.464 e.